The van der Waals surface area contributed by atoms with Crippen LogP contribution in [0, 0.1) is 48.8 Å². The van der Waals surface area contributed by atoms with Crippen LogP contribution in [0.2, 0.25) is 0 Å². The highest BCUT2D eigenvalue weighted by molar-refractivity contribution is 9.11. The van der Waals surface area contributed by atoms with E-state index in [9.17, 15) is 43.9 Å². The number of benzene rings is 5. The zero-order valence-electron chi connectivity index (χ0n) is 44.5. The summed E-state index contributed by atoms with van der Waals surface area (Å²) < 4.78 is 173. The highest BCUT2D eigenvalue weighted by atomic mass is 79.9. The smallest absolute Gasteiger partial charge is 0.458 e. The summed E-state index contributed by atoms with van der Waals surface area (Å²) in [5.41, 5.74) is 1.49. The first-order chi connectivity index (χ1) is 39.5. The van der Waals surface area contributed by atoms with E-state index in [2.05, 4.69) is 96.6 Å². The third-order valence-electron chi connectivity index (χ3n) is 12.2. The van der Waals surface area contributed by atoms with Gasteiger partial charge >= 0.3 is 31.7 Å². The van der Waals surface area contributed by atoms with E-state index >= 15 is 0 Å². The fourth-order valence-electron chi connectivity index (χ4n) is 7.25. The lowest BCUT2D eigenvalue weighted by Gasteiger charge is -2.32. The van der Waals surface area contributed by atoms with Crippen molar-refractivity contribution in [1.29, 1.82) is 0 Å². The summed E-state index contributed by atoms with van der Waals surface area (Å²) >= 11 is 9.47. The number of halogens is 13. The summed E-state index contributed by atoms with van der Waals surface area (Å²) in [5, 5.41) is 8.42. The number of rotatable bonds is 9. The van der Waals surface area contributed by atoms with Crippen molar-refractivity contribution < 1.29 is 86.7 Å². The van der Waals surface area contributed by atoms with Gasteiger partial charge < -0.3 is 42.8 Å². The van der Waals surface area contributed by atoms with Crippen molar-refractivity contribution in [3.8, 4) is 46.1 Å². The number of ether oxygens (including phenoxy) is 6. The third kappa shape index (κ3) is 16.8. The predicted octanol–water partition coefficient (Wildman–Crippen LogP) is 13.8. The Bertz CT molecular complexity index is 3490. The third-order valence-corrected chi connectivity index (χ3v) is 13.4. The minimum atomic E-state index is -3.70. The maximum atomic E-state index is 13.6. The topological polar surface area (TPSA) is 171 Å². The van der Waals surface area contributed by atoms with Gasteiger partial charge in [0.15, 0.2) is 27.7 Å². The van der Waals surface area contributed by atoms with E-state index in [0.717, 1.165) is 34.3 Å². The first kappa shape index (κ1) is 64.4. The highest BCUT2D eigenvalue weighted by Gasteiger charge is 2.53. The van der Waals surface area contributed by atoms with Crippen LogP contribution in [0.15, 0.2) is 130 Å². The number of aromatic nitrogens is 6. The number of alkyl halides is 4. The van der Waals surface area contributed by atoms with Gasteiger partial charge in [-0.2, -0.15) is 0 Å². The monoisotopic (exact) mass is 1370 g/mol. The van der Waals surface area contributed by atoms with Crippen LogP contribution in [0.1, 0.15) is 55.5 Å². The maximum Gasteiger partial charge on any atom is 0.586 e. The molecule has 29 heteroatoms. The standard InChI is InChI=1S/C19H12F4N2O3.C14H17BF2O4.C11H7BrF2N2O.C7H6F2O.C4H2Br2N2/c1-10-5-16-17(28-19(22,23)27-16)6-12(10)11-7-24-18(25-8-11)26-9-13-14(20)3-2-4-15(13)21;1-8-6-10-11(19-14(16,17)18-10)7-9(8)15-20-12(2,3)13(4,5)21-15;12-7-4-15-11(16-5-7)17-6-8-9(13)2-1-3-10(8)14;8-6-2-1-3-7(9)5(6)4-10;5-3-1-7-4(6)8-2-3/h2-8H,9H2,1H3;6-7H,1-5H3;1-5H,6H2;1-3,10H,4H2;1-2H. The molecule has 0 amide bonds. The molecule has 0 aliphatic carbocycles. The Kier molecular flexibility index (Phi) is 20.9. The number of aliphatic hydroxyl groups is 1. The summed E-state index contributed by atoms with van der Waals surface area (Å²) in [5.74, 6) is -4.31. The van der Waals surface area contributed by atoms with Gasteiger partial charge in [0.25, 0.3) is 0 Å². The average molecular weight is 1370 g/mol. The molecule has 84 heavy (non-hydrogen) atoms. The van der Waals surface area contributed by atoms with Crippen molar-refractivity contribution in [2.45, 2.75) is 85.2 Å². The van der Waals surface area contributed by atoms with Crippen molar-refractivity contribution in [2.24, 2.45) is 0 Å². The molecule has 442 valence electrons. The Morgan fingerprint density at radius 3 is 1.21 bits per heavy atom. The van der Waals surface area contributed by atoms with E-state index in [1.165, 1.54) is 79.4 Å². The fourth-order valence-corrected chi connectivity index (χ4v) is 7.86. The van der Waals surface area contributed by atoms with Crippen LogP contribution < -0.4 is 33.9 Å². The highest BCUT2D eigenvalue weighted by Crippen LogP contribution is 2.45. The minimum Gasteiger partial charge on any atom is -0.458 e. The molecule has 0 bridgehead atoms. The molecule has 0 radical (unpaired) electrons. The fraction of sp³-hybridized carbons (Fsp3) is 0.236. The molecule has 1 fully saturated rings. The van der Waals surface area contributed by atoms with Gasteiger partial charge in [0.1, 0.15) is 48.1 Å². The molecule has 5 aromatic carbocycles. The lowest BCUT2D eigenvalue weighted by molar-refractivity contribution is -0.287. The van der Waals surface area contributed by atoms with Crippen molar-refractivity contribution in [3.63, 3.8) is 0 Å². The van der Waals surface area contributed by atoms with Crippen LogP contribution in [0.5, 0.6) is 35.0 Å². The van der Waals surface area contributed by atoms with Gasteiger partial charge in [0, 0.05) is 48.3 Å². The van der Waals surface area contributed by atoms with Gasteiger partial charge in [-0.05, 0) is 172 Å². The molecule has 0 unspecified atom stereocenters. The zero-order valence-corrected chi connectivity index (χ0v) is 49.2. The van der Waals surface area contributed by atoms with E-state index in [1.807, 2.05) is 27.7 Å². The van der Waals surface area contributed by atoms with Crippen LogP contribution >= 0.6 is 47.8 Å². The normalized spacial score (nSPS) is 15.0. The molecule has 0 spiro atoms. The molecule has 1 saturated heterocycles. The second kappa shape index (κ2) is 27.2. The van der Waals surface area contributed by atoms with Gasteiger partial charge in [-0.1, -0.05) is 18.2 Å². The number of aliphatic hydroxyl groups excluding tert-OH is 1. The predicted molar refractivity (Wildman–Crippen MR) is 292 cm³/mol. The molecule has 8 aromatic rings. The van der Waals surface area contributed by atoms with Crippen molar-refractivity contribution in [1.82, 2.24) is 29.9 Å². The molecule has 11 rings (SSSR count). The second-order valence-corrected chi connectivity index (χ2v) is 21.2. The van der Waals surface area contributed by atoms with Gasteiger partial charge in [0.2, 0.25) is 0 Å². The Labute approximate surface area is 498 Å². The van der Waals surface area contributed by atoms with Gasteiger partial charge in [-0.15, -0.1) is 17.6 Å². The molecule has 0 atom stereocenters. The molecule has 3 aliphatic rings. The van der Waals surface area contributed by atoms with E-state index in [0.29, 0.717) is 31.4 Å². The van der Waals surface area contributed by atoms with Crippen LogP contribution in [0.4, 0.5) is 43.9 Å². The summed E-state index contributed by atoms with van der Waals surface area (Å²) in [6.07, 6.45) is 1.81. The molecular formula is C55H44BBr3F10N6O9. The molecule has 15 nitrogen and oxygen atoms in total. The minimum absolute atomic E-state index is 0.00434. The van der Waals surface area contributed by atoms with Gasteiger partial charge in [0.05, 0.1) is 37.9 Å². The molecule has 0 saturated carbocycles. The number of hydrogen-bond acceptors (Lipinski definition) is 15. The van der Waals surface area contributed by atoms with Crippen LogP contribution in [-0.4, -0.2) is 65.9 Å². The Hall–Kier alpha value is -7.18. The lowest BCUT2D eigenvalue weighted by Crippen LogP contribution is -2.41. The van der Waals surface area contributed by atoms with Gasteiger partial charge in [-0.3, -0.25) is 0 Å². The molecule has 3 aliphatic heterocycles. The summed E-state index contributed by atoms with van der Waals surface area (Å²) in [4.78, 5) is 23.3. The molecular weight excluding hydrogens is 1330 g/mol. The summed E-state index contributed by atoms with van der Waals surface area (Å²) in [6, 6.07) is 16.4. The number of fused-ring (bicyclic) bond motifs is 2. The summed E-state index contributed by atoms with van der Waals surface area (Å²) in [7, 11) is -0.627. The first-order valence-corrected chi connectivity index (χ1v) is 26.7. The molecule has 6 heterocycles. The summed E-state index contributed by atoms with van der Waals surface area (Å²) in [6.45, 7) is 10.0. The van der Waals surface area contributed by atoms with Crippen molar-refractivity contribution in [2.75, 3.05) is 0 Å². The van der Waals surface area contributed by atoms with E-state index in [-0.39, 0.29) is 64.9 Å². The first-order valence-electron chi connectivity index (χ1n) is 24.3. The number of nitrogens with zero attached hydrogens (tertiary/aromatic N) is 6. The Balaban J connectivity index is 0.000000161. The van der Waals surface area contributed by atoms with E-state index in [1.54, 1.807) is 26.2 Å². The SMILES string of the molecule is Brc1cnc(Br)nc1.Cc1cc2c(cc1-c1cnc(OCc3c(F)cccc3F)nc1)OC(F)(F)O2.Cc1cc2c(cc1B1OC(C)(C)C(C)(C)O1)OC(F)(F)O2.Fc1cccc(F)c1COc1ncc(Br)cn1.OCc1c(F)cccc1F. The lowest BCUT2D eigenvalue weighted by atomic mass is 9.76. The molecule has 3 aromatic heterocycles. The largest absolute Gasteiger partial charge is 0.586 e. The second-order valence-electron chi connectivity index (χ2n) is 18.6. The molecule has 1 N–H and O–H groups in total. The quantitative estimate of drug-likeness (QED) is 0.0821. The van der Waals surface area contributed by atoms with Crippen LogP contribution in [-0.2, 0) is 29.1 Å². The van der Waals surface area contributed by atoms with E-state index < -0.39 is 72.4 Å². The van der Waals surface area contributed by atoms with Crippen molar-refractivity contribution >= 4 is 60.4 Å². The maximum absolute atomic E-state index is 13.6. The zero-order chi connectivity index (χ0) is 61.3. The van der Waals surface area contributed by atoms with Crippen LogP contribution in [0.3, 0.4) is 0 Å². The van der Waals surface area contributed by atoms with Crippen LogP contribution in [0.25, 0.3) is 11.1 Å². The van der Waals surface area contributed by atoms with Crippen molar-refractivity contribution in [3.05, 3.63) is 192 Å². The Morgan fingerprint density at radius 2 is 0.833 bits per heavy atom. The average Bonchev–Trinajstić information content (AvgIpc) is 2.00. The van der Waals surface area contributed by atoms with Gasteiger partial charge in [-0.25, -0.2) is 56.2 Å². The Morgan fingerprint density at radius 1 is 0.488 bits per heavy atom. The number of aryl methyl sites for hydroxylation is 2. The number of hydrogen-bond donors (Lipinski definition) is 1. The van der Waals surface area contributed by atoms with E-state index in [4.69, 9.17) is 23.9 Å².